The minimum Gasteiger partial charge on any atom is -0.480 e. The second-order valence-electron chi connectivity index (χ2n) is 8.09. The third kappa shape index (κ3) is 2.92. The number of carbonyl (C=O) groups excluding carboxylic acids is 2. The van der Waals surface area contributed by atoms with Gasteiger partial charge in [0.25, 0.3) is 11.8 Å². The van der Waals surface area contributed by atoms with Crippen molar-refractivity contribution < 1.29 is 19.5 Å². The summed E-state index contributed by atoms with van der Waals surface area (Å²) in [6.45, 7) is 5.30. The highest BCUT2D eigenvalue weighted by molar-refractivity contribution is 8.01. The molecule has 4 rings (SSSR count). The van der Waals surface area contributed by atoms with Gasteiger partial charge < -0.3 is 15.3 Å². The molecule has 7 heteroatoms. The first-order valence-electron chi connectivity index (χ1n) is 9.37. The number of thioether (sulfide) groups is 1. The molecule has 29 heavy (non-hydrogen) atoms. The summed E-state index contributed by atoms with van der Waals surface area (Å²) in [7, 11) is 0. The fourth-order valence-corrected chi connectivity index (χ4v) is 5.84. The van der Waals surface area contributed by atoms with E-state index in [0.717, 1.165) is 11.1 Å². The molecule has 0 spiro atoms. The first-order valence-corrected chi connectivity index (χ1v) is 10.2. The number of hydrogen-bond donors (Lipinski definition) is 2. The standard InChI is InChI=1S/C22H22N2O4S/c1-21(2)16(18(26)27)24-19(28)22(3,20(24)29-21)23-17(25)15-12-8-7-11-14(15)13-9-5-4-6-10-13/h4-12,16,20H,1-3H3,(H,23,25)(H,26,27)/t16-,20+,22-/m0/s1. The second-order valence-corrected chi connectivity index (χ2v) is 9.83. The van der Waals surface area contributed by atoms with E-state index >= 15 is 0 Å². The summed E-state index contributed by atoms with van der Waals surface area (Å²) in [6, 6.07) is 15.9. The number of carbonyl (C=O) groups is 3. The summed E-state index contributed by atoms with van der Waals surface area (Å²) >= 11 is 1.41. The van der Waals surface area contributed by atoms with E-state index in [1.54, 1.807) is 19.1 Å². The van der Waals surface area contributed by atoms with Crippen molar-refractivity contribution in [3.05, 3.63) is 60.2 Å². The van der Waals surface area contributed by atoms with Crippen molar-refractivity contribution in [3.63, 3.8) is 0 Å². The van der Waals surface area contributed by atoms with E-state index in [9.17, 15) is 19.5 Å². The Balaban J connectivity index is 1.63. The Morgan fingerprint density at radius 2 is 1.66 bits per heavy atom. The minimum absolute atomic E-state index is 0.350. The second kappa shape index (κ2) is 6.62. The molecule has 0 unspecified atom stereocenters. The zero-order valence-corrected chi connectivity index (χ0v) is 17.2. The average molecular weight is 410 g/mol. The summed E-state index contributed by atoms with van der Waals surface area (Å²) in [5.74, 6) is -1.74. The van der Waals surface area contributed by atoms with Gasteiger partial charge in [0.15, 0.2) is 0 Å². The third-order valence-electron chi connectivity index (χ3n) is 5.64. The first kappa shape index (κ1) is 19.5. The van der Waals surface area contributed by atoms with E-state index in [2.05, 4.69) is 5.32 Å². The Bertz CT molecular complexity index is 1010. The molecule has 2 amide bonds. The van der Waals surface area contributed by atoms with Crippen molar-refractivity contribution in [3.8, 4) is 11.1 Å². The normalized spacial score (nSPS) is 27.1. The summed E-state index contributed by atoms with van der Waals surface area (Å²) in [4.78, 5) is 39.2. The number of amides is 2. The molecule has 0 saturated carbocycles. The smallest absolute Gasteiger partial charge is 0.327 e. The molecule has 150 valence electrons. The molecule has 2 aliphatic rings. The lowest BCUT2D eigenvalue weighted by Crippen LogP contribution is -2.78. The molecule has 0 bridgehead atoms. The fraction of sp³-hybridized carbons (Fsp3) is 0.318. The van der Waals surface area contributed by atoms with Crippen LogP contribution in [0.25, 0.3) is 11.1 Å². The van der Waals surface area contributed by atoms with Gasteiger partial charge in [-0.05, 0) is 38.0 Å². The number of fused-ring (bicyclic) bond motifs is 1. The number of β-lactam (4-membered cyclic amide) rings is 1. The highest BCUT2D eigenvalue weighted by Crippen LogP contribution is 2.54. The van der Waals surface area contributed by atoms with E-state index < -0.39 is 27.7 Å². The summed E-state index contributed by atoms with van der Waals surface area (Å²) in [5, 5.41) is 12.1. The maximum atomic E-state index is 13.2. The lowest BCUT2D eigenvalue weighted by atomic mass is 9.85. The number of aliphatic carboxylic acids is 1. The van der Waals surface area contributed by atoms with Crippen LogP contribution in [0.4, 0.5) is 0 Å². The van der Waals surface area contributed by atoms with Crippen molar-refractivity contribution >= 4 is 29.5 Å². The summed E-state index contributed by atoms with van der Waals surface area (Å²) in [5.41, 5.74) is 1.02. The van der Waals surface area contributed by atoms with Gasteiger partial charge in [-0.2, -0.15) is 0 Å². The van der Waals surface area contributed by atoms with Crippen LogP contribution >= 0.6 is 11.8 Å². The Morgan fingerprint density at radius 3 is 2.31 bits per heavy atom. The lowest BCUT2D eigenvalue weighted by molar-refractivity contribution is -0.165. The Morgan fingerprint density at radius 1 is 1.03 bits per heavy atom. The molecular weight excluding hydrogens is 388 g/mol. The molecule has 2 aromatic carbocycles. The lowest BCUT2D eigenvalue weighted by Gasteiger charge is -2.51. The quantitative estimate of drug-likeness (QED) is 0.757. The van der Waals surface area contributed by atoms with Crippen molar-refractivity contribution in [2.45, 2.75) is 42.5 Å². The molecular formula is C22H22N2O4S. The van der Waals surface area contributed by atoms with Crippen LogP contribution in [0.5, 0.6) is 0 Å². The van der Waals surface area contributed by atoms with Gasteiger partial charge >= 0.3 is 5.97 Å². The number of hydrogen-bond acceptors (Lipinski definition) is 4. The van der Waals surface area contributed by atoms with Gasteiger partial charge in [0.1, 0.15) is 17.0 Å². The fourth-order valence-electron chi connectivity index (χ4n) is 4.19. The van der Waals surface area contributed by atoms with Gasteiger partial charge in [0.05, 0.1) is 0 Å². The Kier molecular flexibility index (Phi) is 4.46. The largest absolute Gasteiger partial charge is 0.480 e. The average Bonchev–Trinajstić information content (AvgIpc) is 2.98. The Labute approximate surface area is 173 Å². The van der Waals surface area contributed by atoms with E-state index in [4.69, 9.17) is 0 Å². The van der Waals surface area contributed by atoms with Crippen LogP contribution in [0, 0.1) is 0 Å². The monoisotopic (exact) mass is 410 g/mol. The van der Waals surface area contributed by atoms with Gasteiger partial charge in [0.2, 0.25) is 0 Å². The highest BCUT2D eigenvalue weighted by Gasteiger charge is 2.70. The molecule has 6 nitrogen and oxygen atoms in total. The molecule has 2 heterocycles. The predicted octanol–water partition coefficient (Wildman–Crippen LogP) is 2.99. The van der Waals surface area contributed by atoms with Gasteiger partial charge in [-0.3, -0.25) is 9.59 Å². The third-order valence-corrected chi connectivity index (χ3v) is 7.39. The van der Waals surface area contributed by atoms with Crippen molar-refractivity contribution in [1.29, 1.82) is 0 Å². The number of nitrogens with zero attached hydrogens (tertiary/aromatic N) is 1. The molecule has 0 aromatic heterocycles. The minimum atomic E-state index is -1.15. The molecule has 0 radical (unpaired) electrons. The van der Waals surface area contributed by atoms with E-state index in [0.29, 0.717) is 5.56 Å². The maximum Gasteiger partial charge on any atom is 0.327 e. The number of nitrogens with one attached hydrogen (secondary N) is 1. The molecule has 2 fully saturated rings. The van der Waals surface area contributed by atoms with Gasteiger partial charge in [-0.15, -0.1) is 11.8 Å². The topological polar surface area (TPSA) is 86.7 Å². The summed E-state index contributed by atoms with van der Waals surface area (Å²) < 4.78 is -0.642. The molecule has 2 N–H and O–H groups in total. The number of carboxylic acids is 1. The zero-order valence-electron chi connectivity index (χ0n) is 16.4. The van der Waals surface area contributed by atoms with Gasteiger partial charge in [0, 0.05) is 10.3 Å². The van der Waals surface area contributed by atoms with Crippen LogP contribution in [0.3, 0.4) is 0 Å². The molecule has 2 aliphatic heterocycles. The van der Waals surface area contributed by atoms with Gasteiger partial charge in [-0.1, -0.05) is 48.5 Å². The van der Waals surface area contributed by atoms with Crippen LogP contribution in [0.1, 0.15) is 31.1 Å². The van der Waals surface area contributed by atoms with Crippen molar-refractivity contribution in [2.24, 2.45) is 0 Å². The number of carboxylic acid groups (broad SMARTS) is 1. The summed E-state index contributed by atoms with van der Waals surface area (Å²) in [6.07, 6.45) is 0. The number of rotatable bonds is 4. The van der Waals surface area contributed by atoms with E-state index in [-0.39, 0.29) is 11.8 Å². The van der Waals surface area contributed by atoms with Crippen LogP contribution in [-0.2, 0) is 9.59 Å². The highest BCUT2D eigenvalue weighted by atomic mass is 32.2. The Hall–Kier alpha value is -2.80. The van der Waals surface area contributed by atoms with Crippen LogP contribution in [0.2, 0.25) is 0 Å². The SMILES string of the molecule is CC1(C)S[C@H]2N(C(=O)[C@]2(C)NC(=O)c2ccccc2-c2ccccc2)[C@H]1C(=O)O. The van der Waals surface area contributed by atoms with Crippen molar-refractivity contribution in [2.75, 3.05) is 0 Å². The van der Waals surface area contributed by atoms with E-state index in [1.165, 1.54) is 16.7 Å². The molecule has 2 saturated heterocycles. The van der Waals surface area contributed by atoms with Crippen LogP contribution < -0.4 is 5.32 Å². The van der Waals surface area contributed by atoms with Crippen LogP contribution in [0.15, 0.2) is 54.6 Å². The first-order chi connectivity index (χ1) is 13.7. The molecule has 2 aromatic rings. The number of benzene rings is 2. The van der Waals surface area contributed by atoms with Crippen LogP contribution in [-0.4, -0.2) is 49.5 Å². The molecule has 3 atom stereocenters. The van der Waals surface area contributed by atoms with E-state index in [1.807, 2.05) is 56.3 Å². The van der Waals surface area contributed by atoms with Gasteiger partial charge in [-0.25, -0.2) is 4.79 Å². The zero-order chi connectivity index (χ0) is 21.0. The molecule has 0 aliphatic carbocycles. The maximum absolute atomic E-state index is 13.2. The van der Waals surface area contributed by atoms with Crippen molar-refractivity contribution in [1.82, 2.24) is 10.2 Å². The predicted molar refractivity (Wildman–Crippen MR) is 111 cm³/mol.